The number of hydrogen-bond donors (Lipinski definition) is 2. The SMILES string of the molecule is COc1ccc(CC(NN)C(OC)C2CC2)cc1F. The highest BCUT2D eigenvalue weighted by molar-refractivity contribution is 5.29. The number of halogens is 1. The average Bonchev–Trinajstić information content (AvgIpc) is 3.23. The first-order chi connectivity index (χ1) is 9.19. The van der Waals surface area contributed by atoms with Crippen LogP contribution in [0.5, 0.6) is 5.75 Å². The van der Waals surface area contributed by atoms with E-state index in [2.05, 4.69) is 5.43 Å². The fraction of sp³-hybridized carbons (Fsp3) is 0.571. The Kier molecular flexibility index (Phi) is 4.74. The third kappa shape index (κ3) is 3.43. The molecule has 19 heavy (non-hydrogen) atoms. The smallest absolute Gasteiger partial charge is 0.165 e. The molecular weight excluding hydrogens is 247 g/mol. The van der Waals surface area contributed by atoms with Crippen molar-refractivity contribution in [3.8, 4) is 5.75 Å². The third-order valence-corrected chi connectivity index (χ3v) is 3.64. The summed E-state index contributed by atoms with van der Waals surface area (Å²) in [6.45, 7) is 0. The molecule has 2 atom stereocenters. The van der Waals surface area contributed by atoms with Crippen molar-refractivity contribution < 1.29 is 13.9 Å². The molecule has 0 heterocycles. The van der Waals surface area contributed by atoms with Crippen molar-refractivity contribution in [1.82, 2.24) is 5.43 Å². The lowest BCUT2D eigenvalue weighted by molar-refractivity contribution is 0.0511. The normalized spacial score (nSPS) is 18.1. The molecule has 0 bridgehead atoms. The molecule has 1 aliphatic carbocycles. The number of nitrogens with one attached hydrogen (secondary N) is 1. The molecule has 1 aromatic carbocycles. The summed E-state index contributed by atoms with van der Waals surface area (Å²) in [7, 11) is 3.15. The maximum atomic E-state index is 13.7. The summed E-state index contributed by atoms with van der Waals surface area (Å²) >= 11 is 0. The van der Waals surface area contributed by atoms with E-state index in [1.54, 1.807) is 13.2 Å². The maximum absolute atomic E-state index is 13.7. The van der Waals surface area contributed by atoms with Gasteiger partial charge in [0.15, 0.2) is 11.6 Å². The number of hydrogen-bond acceptors (Lipinski definition) is 4. The number of nitrogens with two attached hydrogens (primary N) is 1. The monoisotopic (exact) mass is 268 g/mol. The van der Waals surface area contributed by atoms with Crippen LogP contribution in [0.15, 0.2) is 18.2 Å². The van der Waals surface area contributed by atoms with Gasteiger partial charge in [-0.3, -0.25) is 11.3 Å². The minimum Gasteiger partial charge on any atom is -0.494 e. The van der Waals surface area contributed by atoms with Gasteiger partial charge in [-0.05, 0) is 42.9 Å². The Morgan fingerprint density at radius 1 is 1.42 bits per heavy atom. The van der Waals surface area contributed by atoms with Gasteiger partial charge in [-0.25, -0.2) is 4.39 Å². The van der Waals surface area contributed by atoms with Crippen LogP contribution in [0, 0.1) is 11.7 Å². The van der Waals surface area contributed by atoms with Crippen molar-refractivity contribution in [1.29, 1.82) is 0 Å². The maximum Gasteiger partial charge on any atom is 0.165 e. The van der Waals surface area contributed by atoms with E-state index in [1.165, 1.54) is 26.0 Å². The van der Waals surface area contributed by atoms with Gasteiger partial charge in [0.1, 0.15) is 0 Å². The standard InChI is InChI=1S/C14H21FN2O2/c1-18-13-6-3-9(7-11(13)15)8-12(17-16)14(19-2)10-4-5-10/h3,6-7,10,12,14,17H,4-5,8,16H2,1-2H3. The zero-order valence-electron chi connectivity index (χ0n) is 11.4. The molecule has 2 unspecified atom stereocenters. The molecule has 1 aliphatic rings. The van der Waals surface area contributed by atoms with Crippen LogP contribution in [0.2, 0.25) is 0 Å². The summed E-state index contributed by atoms with van der Waals surface area (Å²) in [5.74, 6) is 6.08. The van der Waals surface area contributed by atoms with Crippen LogP contribution in [0.4, 0.5) is 4.39 Å². The van der Waals surface area contributed by atoms with Gasteiger partial charge in [0.25, 0.3) is 0 Å². The second-order valence-electron chi connectivity index (χ2n) is 4.98. The van der Waals surface area contributed by atoms with Gasteiger partial charge in [-0.15, -0.1) is 0 Å². The van der Waals surface area contributed by atoms with E-state index >= 15 is 0 Å². The van der Waals surface area contributed by atoms with E-state index in [0.717, 1.165) is 5.56 Å². The zero-order valence-corrected chi connectivity index (χ0v) is 11.4. The summed E-state index contributed by atoms with van der Waals surface area (Å²) in [4.78, 5) is 0. The largest absolute Gasteiger partial charge is 0.494 e. The molecule has 2 rings (SSSR count). The zero-order chi connectivity index (χ0) is 13.8. The summed E-state index contributed by atoms with van der Waals surface area (Å²) in [5, 5.41) is 0. The molecule has 106 valence electrons. The average molecular weight is 268 g/mol. The van der Waals surface area contributed by atoms with Crippen molar-refractivity contribution in [3.63, 3.8) is 0 Å². The quantitative estimate of drug-likeness (QED) is 0.583. The number of hydrazine groups is 1. The summed E-state index contributed by atoms with van der Waals surface area (Å²) in [6.07, 6.45) is 3.06. The van der Waals surface area contributed by atoms with Gasteiger partial charge in [0.2, 0.25) is 0 Å². The number of rotatable bonds is 7. The molecular formula is C14H21FN2O2. The molecule has 0 spiro atoms. The van der Waals surface area contributed by atoms with Crippen LogP contribution in [-0.2, 0) is 11.2 Å². The van der Waals surface area contributed by atoms with Gasteiger partial charge >= 0.3 is 0 Å². The second-order valence-corrected chi connectivity index (χ2v) is 4.98. The first-order valence-electron chi connectivity index (χ1n) is 6.51. The first-order valence-corrected chi connectivity index (χ1v) is 6.51. The van der Waals surface area contributed by atoms with Crippen molar-refractivity contribution in [2.75, 3.05) is 14.2 Å². The van der Waals surface area contributed by atoms with Crippen LogP contribution in [0.1, 0.15) is 18.4 Å². The lowest BCUT2D eigenvalue weighted by Gasteiger charge is -2.25. The molecule has 0 radical (unpaired) electrons. The van der Waals surface area contributed by atoms with Gasteiger partial charge in [-0.2, -0.15) is 0 Å². The van der Waals surface area contributed by atoms with Crippen molar-refractivity contribution >= 4 is 0 Å². The van der Waals surface area contributed by atoms with Crippen molar-refractivity contribution in [3.05, 3.63) is 29.6 Å². The second kappa shape index (κ2) is 6.32. The molecule has 1 saturated carbocycles. The molecule has 0 amide bonds. The van der Waals surface area contributed by atoms with E-state index in [0.29, 0.717) is 12.3 Å². The molecule has 0 aromatic heterocycles. The van der Waals surface area contributed by atoms with Gasteiger partial charge in [0.05, 0.1) is 19.3 Å². The molecule has 0 aliphatic heterocycles. The van der Waals surface area contributed by atoms with Gasteiger partial charge in [-0.1, -0.05) is 6.07 Å². The Morgan fingerprint density at radius 3 is 2.63 bits per heavy atom. The molecule has 4 nitrogen and oxygen atoms in total. The van der Waals surface area contributed by atoms with E-state index in [1.807, 2.05) is 6.07 Å². The number of methoxy groups -OCH3 is 2. The van der Waals surface area contributed by atoms with Crippen LogP contribution < -0.4 is 16.0 Å². The first kappa shape index (κ1) is 14.2. The molecule has 0 saturated heterocycles. The molecule has 1 fully saturated rings. The summed E-state index contributed by atoms with van der Waals surface area (Å²) in [5.41, 5.74) is 3.67. The Balaban J connectivity index is 2.06. The van der Waals surface area contributed by atoms with E-state index in [9.17, 15) is 4.39 Å². The van der Waals surface area contributed by atoms with Crippen LogP contribution >= 0.6 is 0 Å². The predicted molar refractivity (Wildman–Crippen MR) is 71.3 cm³/mol. The third-order valence-electron chi connectivity index (χ3n) is 3.64. The minimum absolute atomic E-state index is 0.00899. The molecule has 3 N–H and O–H groups in total. The predicted octanol–water partition coefficient (Wildman–Crippen LogP) is 1.63. The van der Waals surface area contributed by atoms with Crippen molar-refractivity contribution in [2.24, 2.45) is 11.8 Å². The van der Waals surface area contributed by atoms with Crippen LogP contribution in [0.25, 0.3) is 0 Å². The Bertz CT molecular complexity index is 424. The van der Waals surface area contributed by atoms with Gasteiger partial charge in [0, 0.05) is 7.11 Å². The lowest BCUT2D eigenvalue weighted by atomic mass is 9.98. The van der Waals surface area contributed by atoms with Crippen LogP contribution in [-0.4, -0.2) is 26.4 Å². The molecule has 5 heteroatoms. The van der Waals surface area contributed by atoms with E-state index in [4.69, 9.17) is 15.3 Å². The highest BCUT2D eigenvalue weighted by Crippen LogP contribution is 2.36. The Hall–Kier alpha value is -1.17. The number of ether oxygens (including phenoxy) is 2. The van der Waals surface area contributed by atoms with E-state index in [-0.39, 0.29) is 23.7 Å². The fourth-order valence-electron chi connectivity index (χ4n) is 2.47. The van der Waals surface area contributed by atoms with Crippen molar-refractivity contribution in [2.45, 2.75) is 31.4 Å². The van der Waals surface area contributed by atoms with Gasteiger partial charge < -0.3 is 9.47 Å². The fourth-order valence-corrected chi connectivity index (χ4v) is 2.47. The lowest BCUT2D eigenvalue weighted by Crippen LogP contribution is -2.47. The summed E-state index contributed by atoms with van der Waals surface area (Å²) in [6, 6.07) is 4.97. The summed E-state index contributed by atoms with van der Waals surface area (Å²) < 4.78 is 24.1. The highest BCUT2D eigenvalue weighted by Gasteiger charge is 2.36. The molecule has 1 aromatic rings. The topological polar surface area (TPSA) is 56.5 Å². The highest BCUT2D eigenvalue weighted by atomic mass is 19.1. The Labute approximate surface area is 113 Å². The van der Waals surface area contributed by atoms with Crippen LogP contribution in [0.3, 0.4) is 0 Å². The minimum atomic E-state index is -0.351. The number of benzene rings is 1. The Morgan fingerprint density at radius 2 is 2.16 bits per heavy atom. The van der Waals surface area contributed by atoms with E-state index < -0.39 is 0 Å².